The Morgan fingerprint density at radius 1 is 0.913 bits per heavy atom. The first-order chi connectivity index (χ1) is 11.2. The summed E-state index contributed by atoms with van der Waals surface area (Å²) >= 11 is 0. The van der Waals surface area contributed by atoms with E-state index in [4.69, 9.17) is 5.11 Å². The molecular formula is C21H30O2. The average molecular weight is 314 g/mol. The van der Waals surface area contributed by atoms with Gasteiger partial charge in [-0.05, 0) is 30.0 Å². The van der Waals surface area contributed by atoms with E-state index in [1.54, 1.807) is 6.08 Å². The highest BCUT2D eigenvalue weighted by atomic mass is 16.4. The van der Waals surface area contributed by atoms with Crippen molar-refractivity contribution in [2.75, 3.05) is 0 Å². The maximum absolute atomic E-state index is 10.6. The number of unbranched alkanes of at least 4 members (excludes halogenated alkanes) is 8. The van der Waals surface area contributed by atoms with Crippen LogP contribution in [0.5, 0.6) is 0 Å². The molecule has 1 aromatic rings. The first kappa shape index (κ1) is 19.2. The van der Waals surface area contributed by atoms with Crippen LogP contribution in [0.2, 0.25) is 0 Å². The van der Waals surface area contributed by atoms with E-state index in [1.165, 1.54) is 57.4 Å². The molecule has 0 atom stereocenters. The summed E-state index contributed by atoms with van der Waals surface area (Å²) < 4.78 is 0. The van der Waals surface area contributed by atoms with Crippen LogP contribution in [-0.4, -0.2) is 11.1 Å². The van der Waals surface area contributed by atoms with Crippen LogP contribution < -0.4 is 0 Å². The van der Waals surface area contributed by atoms with E-state index in [0.29, 0.717) is 0 Å². The van der Waals surface area contributed by atoms with Gasteiger partial charge in [0.05, 0.1) is 0 Å². The number of hydrogen-bond donors (Lipinski definition) is 1. The minimum Gasteiger partial charge on any atom is -0.478 e. The maximum atomic E-state index is 10.6. The zero-order valence-corrected chi connectivity index (χ0v) is 14.3. The van der Waals surface area contributed by atoms with Crippen LogP contribution >= 0.6 is 0 Å². The largest absolute Gasteiger partial charge is 0.478 e. The van der Waals surface area contributed by atoms with Crippen LogP contribution in [-0.2, 0) is 4.79 Å². The van der Waals surface area contributed by atoms with Gasteiger partial charge in [0.25, 0.3) is 0 Å². The SMILES string of the molecule is CCCCCCCCCCC=Cc1ccccc1C=CC(=O)O. The Morgan fingerprint density at radius 3 is 2.09 bits per heavy atom. The molecule has 23 heavy (non-hydrogen) atoms. The topological polar surface area (TPSA) is 37.3 Å². The molecule has 1 aromatic carbocycles. The number of benzene rings is 1. The second-order valence-corrected chi connectivity index (χ2v) is 5.97. The van der Waals surface area contributed by atoms with Gasteiger partial charge in [0.2, 0.25) is 0 Å². The molecule has 1 rings (SSSR count). The fourth-order valence-electron chi connectivity index (χ4n) is 2.58. The van der Waals surface area contributed by atoms with Crippen molar-refractivity contribution in [1.82, 2.24) is 0 Å². The van der Waals surface area contributed by atoms with E-state index < -0.39 is 5.97 Å². The van der Waals surface area contributed by atoms with Crippen molar-refractivity contribution in [3.05, 3.63) is 47.5 Å². The lowest BCUT2D eigenvalue weighted by Crippen LogP contribution is -1.87. The fourth-order valence-corrected chi connectivity index (χ4v) is 2.58. The number of carboxylic acids is 1. The third-order valence-corrected chi connectivity index (χ3v) is 3.92. The minimum atomic E-state index is -0.914. The second-order valence-electron chi connectivity index (χ2n) is 5.97. The zero-order chi connectivity index (χ0) is 16.8. The highest BCUT2D eigenvalue weighted by Crippen LogP contribution is 2.14. The molecule has 0 aliphatic heterocycles. The monoisotopic (exact) mass is 314 g/mol. The predicted octanol–water partition coefficient (Wildman–Crippen LogP) is 6.33. The van der Waals surface area contributed by atoms with Crippen molar-refractivity contribution in [3.8, 4) is 0 Å². The van der Waals surface area contributed by atoms with Gasteiger partial charge in [-0.25, -0.2) is 4.79 Å². The Labute approximate surface area is 140 Å². The number of hydrogen-bond acceptors (Lipinski definition) is 1. The summed E-state index contributed by atoms with van der Waals surface area (Å²) in [7, 11) is 0. The molecule has 0 aliphatic rings. The van der Waals surface area contributed by atoms with Crippen LogP contribution in [0, 0.1) is 0 Å². The summed E-state index contributed by atoms with van der Waals surface area (Å²) in [6.07, 6.45) is 18.9. The van der Waals surface area contributed by atoms with Crippen molar-refractivity contribution in [2.45, 2.75) is 64.7 Å². The van der Waals surface area contributed by atoms with Gasteiger partial charge in [0.1, 0.15) is 0 Å². The summed E-state index contributed by atoms with van der Waals surface area (Å²) in [5.74, 6) is -0.914. The molecule has 0 amide bonds. The smallest absolute Gasteiger partial charge is 0.328 e. The first-order valence-electron chi connectivity index (χ1n) is 8.90. The number of aliphatic carboxylic acids is 1. The Hall–Kier alpha value is -1.83. The van der Waals surface area contributed by atoms with Crippen molar-refractivity contribution >= 4 is 18.1 Å². The quantitative estimate of drug-likeness (QED) is 0.361. The molecule has 1 N–H and O–H groups in total. The third kappa shape index (κ3) is 9.72. The molecular weight excluding hydrogens is 284 g/mol. The third-order valence-electron chi connectivity index (χ3n) is 3.92. The molecule has 2 nitrogen and oxygen atoms in total. The standard InChI is InChI=1S/C21H30O2/c1-2-3-4-5-6-7-8-9-10-11-14-19-15-12-13-16-20(19)17-18-21(22)23/h11-18H,2-10H2,1H3,(H,22,23). The molecule has 126 valence electrons. The average Bonchev–Trinajstić information content (AvgIpc) is 2.55. The van der Waals surface area contributed by atoms with Crippen molar-refractivity contribution < 1.29 is 9.90 Å². The van der Waals surface area contributed by atoms with Crippen molar-refractivity contribution in [1.29, 1.82) is 0 Å². The molecule has 0 unspecified atom stereocenters. The van der Waals surface area contributed by atoms with E-state index in [1.807, 2.05) is 24.3 Å². The molecule has 0 aliphatic carbocycles. The first-order valence-corrected chi connectivity index (χ1v) is 8.90. The summed E-state index contributed by atoms with van der Waals surface area (Å²) in [4.78, 5) is 10.6. The molecule has 0 saturated heterocycles. The van der Waals surface area contributed by atoms with E-state index in [9.17, 15) is 4.79 Å². The second kappa shape index (κ2) is 12.7. The van der Waals surface area contributed by atoms with Crippen molar-refractivity contribution in [2.24, 2.45) is 0 Å². The molecule has 0 radical (unpaired) electrons. The zero-order valence-electron chi connectivity index (χ0n) is 14.3. The van der Waals surface area contributed by atoms with Gasteiger partial charge in [-0.3, -0.25) is 0 Å². The number of carbonyl (C=O) groups is 1. The highest BCUT2D eigenvalue weighted by molar-refractivity contribution is 5.86. The lowest BCUT2D eigenvalue weighted by molar-refractivity contribution is -0.131. The Kier molecular flexibility index (Phi) is 10.6. The Bertz CT molecular complexity index is 500. The van der Waals surface area contributed by atoms with Crippen LogP contribution in [0.1, 0.15) is 75.8 Å². The predicted molar refractivity (Wildman–Crippen MR) is 99.4 cm³/mol. The van der Waals surface area contributed by atoms with Gasteiger partial charge in [-0.15, -0.1) is 0 Å². The molecule has 0 aromatic heterocycles. The molecule has 0 saturated carbocycles. The summed E-state index contributed by atoms with van der Waals surface area (Å²) in [5, 5.41) is 8.73. The van der Waals surface area contributed by atoms with E-state index >= 15 is 0 Å². The van der Waals surface area contributed by atoms with Crippen LogP contribution in [0.3, 0.4) is 0 Å². The Balaban J connectivity index is 2.26. The lowest BCUT2D eigenvalue weighted by Gasteiger charge is -2.01. The van der Waals surface area contributed by atoms with E-state index in [0.717, 1.165) is 17.5 Å². The fraction of sp³-hybridized carbons (Fsp3) is 0.476. The summed E-state index contributed by atoms with van der Waals surface area (Å²) in [6.45, 7) is 2.25. The molecule has 2 heteroatoms. The number of carboxylic acid groups (broad SMARTS) is 1. The highest BCUT2D eigenvalue weighted by Gasteiger charge is 1.96. The molecule has 0 heterocycles. The lowest BCUT2D eigenvalue weighted by atomic mass is 10.0. The van der Waals surface area contributed by atoms with Gasteiger partial charge in [-0.1, -0.05) is 88.3 Å². The normalized spacial score (nSPS) is 11.5. The van der Waals surface area contributed by atoms with Gasteiger partial charge in [0, 0.05) is 6.08 Å². The van der Waals surface area contributed by atoms with Gasteiger partial charge < -0.3 is 5.11 Å². The molecule has 0 fully saturated rings. The van der Waals surface area contributed by atoms with Crippen molar-refractivity contribution in [3.63, 3.8) is 0 Å². The maximum Gasteiger partial charge on any atom is 0.328 e. The van der Waals surface area contributed by atoms with E-state index in [2.05, 4.69) is 19.1 Å². The van der Waals surface area contributed by atoms with Crippen LogP contribution in [0.4, 0.5) is 0 Å². The number of rotatable bonds is 12. The van der Waals surface area contributed by atoms with Crippen LogP contribution in [0.15, 0.2) is 36.4 Å². The molecule has 0 bridgehead atoms. The van der Waals surface area contributed by atoms with Crippen LogP contribution in [0.25, 0.3) is 12.2 Å². The van der Waals surface area contributed by atoms with E-state index in [-0.39, 0.29) is 0 Å². The van der Waals surface area contributed by atoms with Gasteiger partial charge in [0.15, 0.2) is 0 Å². The minimum absolute atomic E-state index is 0.914. The Morgan fingerprint density at radius 2 is 1.48 bits per heavy atom. The number of allylic oxidation sites excluding steroid dienone is 1. The van der Waals surface area contributed by atoms with Gasteiger partial charge in [-0.2, -0.15) is 0 Å². The summed E-state index contributed by atoms with van der Waals surface area (Å²) in [6, 6.07) is 7.87. The van der Waals surface area contributed by atoms with Gasteiger partial charge >= 0.3 is 5.97 Å². The molecule has 0 spiro atoms. The summed E-state index contributed by atoms with van der Waals surface area (Å²) in [5.41, 5.74) is 2.02.